The zero-order valence-corrected chi connectivity index (χ0v) is 15.6. The van der Waals surface area contributed by atoms with E-state index in [9.17, 15) is 9.59 Å². The lowest BCUT2D eigenvalue weighted by molar-refractivity contribution is -0.127. The van der Waals surface area contributed by atoms with Crippen LogP contribution in [0.1, 0.15) is 13.8 Å². The molecule has 2 aromatic rings. The summed E-state index contributed by atoms with van der Waals surface area (Å²) in [5.74, 6) is 0.535. The molecule has 2 aromatic carbocycles. The highest BCUT2D eigenvalue weighted by molar-refractivity contribution is 6.30. The Kier molecular flexibility index (Phi) is 4.78. The van der Waals surface area contributed by atoms with E-state index in [1.165, 1.54) is 0 Å². The summed E-state index contributed by atoms with van der Waals surface area (Å²) in [5.41, 5.74) is 1.25. The molecule has 136 valence electrons. The SMILES string of the molecule is CN1C(=O)C(C)(C)COc2cc(NC(=O)Nc3ccc(Cl)cc3)ccc21. The van der Waals surface area contributed by atoms with Gasteiger partial charge in [0, 0.05) is 29.5 Å². The molecule has 6 nitrogen and oxygen atoms in total. The molecule has 0 spiro atoms. The minimum atomic E-state index is -0.618. The van der Waals surface area contributed by atoms with Gasteiger partial charge in [-0.05, 0) is 50.2 Å². The van der Waals surface area contributed by atoms with Crippen molar-refractivity contribution in [2.75, 3.05) is 29.2 Å². The fraction of sp³-hybridized carbons (Fsp3) is 0.263. The van der Waals surface area contributed by atoms with Gasteiger partial charge in [0.25, 0.3) is 0 Å². The number of benzene rings is 2. The lowest BCUT2D eigenvalue weighted by Crippen LogP contribution is -2.39. The molecule has 0 saturated heterocycles. The van der Waals surface area contributed by atoms with Crippen LogP contribution in [0.3, 0.4) is 0 Å². The Labute approximate surface area is 157 Å². The summed E-state index contributed by atoms with van der Waals surface area (Å²) in [6, 6.07) is 11.6. The Morgan fingerprint density at radius 2 is 1.73 bits per heavy atom. The number of nitrogens with one attached hydrogen (secondary N) is 2. The minimum Gasteiger partial charge on any atom is -0.490 e. The van der Waals surface area contributed by atoms with Crippen LogP contribution in [-0.4, -0.2) is 25.6 Å². The van der Waals surface area contributed by atoms with Gasteiger partial charge in [0.1, 0.15) is 12.4 Å². The molecule has 0 unspecified atom stereocenters. The number of amides is 3. The third-order valence-electron chi connectivity index (χ3n) is 4.15. The normalized spacial score (nSPS) is 15.5. The van der Waals surface area contributed by atoms with E-state index in [1.807, 2.05) is 13.8 Å². The Hall–Kier alpha value is -2.73. The first kappa shape index (κ1) is 18.1. The molecule has 1 aliphatic heterocycles. The van der Waals surface area contributed by atoms with Crippen molar-refractivity contribution in [3.63, 3.8) is 0 Å². The van der Waals surface area contributed by atoms with Gasteiger partial charge in [-0.15, -0.1) is 0 Å². The van der Waals surface area contributed by atoms with Crippen LogP contribution < -0.4 is 20.3 Å². The topological polar surface area (TPSA) is 70.7 Å². The molecular weight excluding hydrogens is 354 g/mol. The number of urea groups is 1. The van der Waals surface area contributed by atoms with Crippen LogP contribution in [0.4, 0.5) is 21.9 Å². The van der Waals surface area contributed by atoms with Crippen molar-refractivity contribution in [1.82, 2.24) is 0 Å². The van der Waals surface area contributed by atoms with E-state index in [4.69, 9.17) is 16.3 Å². The maximum absolute atomic E-state index is 12.5. The summed E-state index contributed by atoms with van der Waals surface area (Å²) in [6.07, 6.45) is 0. The number of anilines is 3. The van der Waals surface area contributed by atoms with Crippen molar-refractivity contribution in [3.8, 4) is 5.75 Å². The lowest BCUT2D eigenvalue weighted by atomic mass is 9.93. The number of hydrogen-bond donors (Lipinski definition) is 2. The molecule has 2 N–H and O–H groups in total. The van der Waals surface area contributed by atoms with E-state index in [1.54, 1.807) is 54.4 Å². The number of hydrogen-bond acceptors (Lipinski definition) is 3. The van der Waals surface area contributed by atoms with Gasteiger partial charge in [-0.1, -0.05) is 11.6 Å². The Bertz CT molecular complexity index is 850. The molecule has 1 heterocycles. The van der Waals surface area contributed by atoms with Crippen LogP contribution in [0.25, 0.3) is 0 Å². The number of ether oxygens (including phenoxy) is 1. The fourth-order valence-electron chi connectivity index (χ4n) is 2.69. The van der Waals surface area contributed by atoms with E-state index in [0.29, 0.717) is 27.8 Å². The van der Waals surface area contributed by atoms with Crippen LogP contribution in [0.15, 0.2) is 42.5 Å². The maximum Gasteiger partial charge on any atom is 0.323 e. The fourth-order valence-corrected chi connectivity index (χ4v) is 2.82. The number of rotatable bonds is 2. The van der Waals surface area contributed by atoms with Crippen molar-refractivity contribution in [3.05, 3.63) is 47.5 Å². The van der Waals surface area contributed by atoms with E-state index < -0.39 is 5.41 Å². The van der Waals surface area contributed by atoms with Gasteiger partial charge in [0.15, 0.2) is 0 Å². The number of nitrogens with zero attached hydrogens (tertiary/aromatic N) is 1. The molecule has 26 heavy (non-hydrogen) atoms. The lowest BCUT2D eigenvalue weighted by Gasteiger charge is -2.24. The van der Waals surface area contributed by atoms with Gasteiger partial charge in [-0.2, -0.15) is 0 Å². The molecule has 0 radical (unpaired) electrons. The molecule has 7 heteroatoms. The number of carbonyl (C=O) groups is 2. The van der Waals surface area contributed by atoms with E-state index in [-0.39, 0.29) is 18.5 Å². The van der Waals surface area contributed by atoms with Crippen LogP contribution in [0.5, 0.6) is 5.75 Å². The van der Waals surface area contributed by atoms with Crippen LogP contribution in [-0.2, 0) is 4.79 Å². The van der Waals surface area contributed by atoms with Crippen LogP contribution >= 0.6 is 11.6 Å². The monoisotopic (exact) mass is 373 g/mol. The van der Waals surface area contributed by atoms with Crippen molar-refractivity contribution in [1.29, 1.82) is 0 Å². The van der Waals surface area contributed by atoms with E-state index in [0.717, 1.165) is 0 Å². The van der Waals surface area contributed by atoms with E-state index in [2.05, 4.69) is 10.6 Å². The third-order valence-corrected chi connectivity index (χ3v) is 4.41. The maximum atomic E-state index is 12.5. The molecule has 0 aliphatic carbocycles. The zero-order chi connectivity index (χ0) is 18.9. The summed E-state index contributed by atoms with van der Waals surface area (Å²) in [7, 11) is 1.72. The first-order valence-electron chi connectivity index (χ1n) is 8.15. The molecule has 0 fully saturated rings. The molecular formula is C19H20ClN3O3. The van der Waals surface area contributed by atoms with Gasteiger partial charge in [0.05, 0.1) is 11.1 Å². The second kappa shape index (κ2) is 6.88. The predicted molar refractivity (Wildman–Crippen MR) is 103 cm³/mol. The number of fused-ring (bicyclic) bond motifs is 1. The average Bonchev–Trinajstić information content (AvgIpc) is 2.68. The summed E-state index contributed by atoms with van der Waals surface area (Å²) < 4.78 is 5.81. The summed E-state index contributed by atoms with van der Waals surface area (Å²) in [5, 5.41) is 6.08. The summed E-state index contributed by atoms with van der Waals surface area (Å²) in [4.78, 5) is 26.2. The Morgan fingerprint density at radius 3 is 2.42 bits per heavy atom. The van der Waals surface area contributed by atoms with Crippen molar-refractivity contribution in [2.45, 2.75) is 13.8 Å². The minimum absolute atomic E-state index is 0.0163. The molecule has 1 aliphatic rings. The Morgan fingerprint density at radius 1 is 1.12 bits per heavy atom. The third kappa shape index (κ3) is 3.75. The highest BCUT2D eigenvalue weighted by Gasteiger charge is 2.36. The zero-order valence-electron chi connectivity index (χ0n) is 14.8. The van der Waals surface area contributed by atoms with Gasteiger partial charge in [-0.25, -0.2) is 4.79 Å². The predicted octanol–water partition coefficient (Wildman–Crippen LogP) is 4.37. The molecule has 3 amide bonds. The standard InChI is InChI=1S/C19H20ClN3O3/c1-19(2)11-26-16-10-14(8-9-15(16)23(3)17(19)24)22-18(25)21-13-6-4-12(20)5-7-13/h4-10H,11H2,1-3H3,(H2,21,22,25). The quantitative estimate of drug-likeness (QED) is 0.821. The van der Waals surface area contributed by atoms with Gasteiger partial charge in [-0.3, -0.25) is 4.79 Å². The smallest absolute Gasteiger partial charge is 0.323 e. The number of halogens is 1. The van der Waals surface area contributed by atoms with Crippen LogP contribution in [0.2, 0.25) is 5.02 Å². The van der Waals surface area contributed by atoms with Crippen molar-refractivity contribution < 1.29 is 14.3 Å². The largest absolute Gasteiger partial charge is 0.490 e. The molecule has 3 rings (SSSR count). The van der Waals surface area contributed by atoms with Gasteiger partial charge >= 0.3 is 6.03 Å². The van der Waals surface area contributed by atoms with Crippen molar-refractivity contribution in [2.24, 2.45) is 5.41 Å². The summed E-state index contributed by atoms with van der Waals surface area (Å²) >= 11 is 5.83. The first-order valence-corrected chi connectivity index (χ1v) is 8.53. The number of carbonyl (C=O) groups excluding carboxylic acids is 2. The first-order chi connectivity index (χ1) is 12.3. The second-order valence-corrected chi connectivity index (χ2v) is 7.24. The van der Waals surface area contributed by atoms with Gasteiger partial charge < -0.3 is 20.3 Å². The second-order valence-electron chi connectivity index (χ2n) is 6.81. The highest BCUT2D eigenvalue weighted by Crippen LogP contribution is 2.37. The molecule has 0 saturated carbocycles. The molecule has 0 atom stereocenters. The molecule has 0 aromatic heterocycles. The summed E-state index contributed by atoms with van der Waals surface area (Å²) in [6.45, 7) is 3.95. The van der Waals surface area contributed by atoms with Crippen LogP contribution in [0, 0.1) is 5.41 Å². The van der Waals surface area contributed by atoms with E-state index >= 15 is 0 Å². The Balaban J connectivity index is 1.75. The highest BCUT2D eigenvalue weighted by atomic mass is 35.5. The van der Waals surface area contributed by atoms with Crippen molar-refractivity contribution >= 4 is 40.6 Å². The van der Waals surface area contributed by atoms with Gasteiger partial charge in [0.2, 0.25) is 5.91 Å². The molecule has 0 bridgehead atoms. The average molecular weight is 374 g/mol.